The third-order valence-electron chi connectivity index (χ3n) is 4.13. The molecule has 0 heterocycles. The van der Waals surface area contributed by atoms with E-state index in [4.69, 9.17) is 17.3 Å². The summed E-state index contributed by atoms with van der Waals surface area (Å²) in [6, 6.07) is 7.16. The van der Waals surface area contributed by atoms with E-state index in [-0.39, 0.29) is 6.04 Å². The maximum absolute atomic E-state index is 6.41. The van der Waals surface area contributed by atoms with E-state index in [2.05, 4.69) is 33.0 Å². The van der Waals surface area contributed by atoms with Crippen LogP contribution in [0.15, 0.2) is 22.7 Å². The fourth-order valence-corrected chi connectivity index (χ4v) is 3.55. The van der Waals surface area contributed by atoms with Gasteiger partial charge in [-0.05, 0) is 49.3 Å². The average Bonchev–Trinajstić information content (AvgIpc) is 3.25. The van der Waals surface area contributed by atoms with Gasteiger partial charge in [-0.1, -0.05) is 33.6 Å². The summed E-state index contributed by atoms with van der Waals surface area (Å²) in [5.41, 5.74) is 7.24. The van der Waals surface area contributed by atoms with Crippen molar-refractivity contribution in [2.24, 2.45) is 11.7 Å². The average molecular weight is 344 g/mol. The van der Waals surface area contributed by atoms with Gasteiger partial charge in [-0.3, -0.25) is 4.90 Å². The normalized spacial score (nSPS) is 20.8. The zero-order valence-corrected chi connectivity index (χ0v) is 13.3. The molecule has 2 aliphatic carbocycles. The van der Waals surface area contributed by atoms with Crippen LogP contribution in [0.25, 0.3) is 0 Å². The van der Waals surface area contributed by atoms with Crippen molar-refractivity contribution in [3.05, 3.63) is 33.3 Å². The van der Waals surface area contributed by atoms with Gasteiger partial charge in [0, 0.05) is 34.7 Å². The maximum atomic E-state index is 6.41. The van der Waals surface area contributed by atoms with E-state index < -0.39 is 0 Å². The zero-order chi connectivity index (χ0) is 13.4. The van der Waals surface area contributed by atoms with Crippen molar-refractivity contribution in [3.8, 4) is 0 Å². The quantitative estimate of drug-likeness (QED) is 0.846. The topological polar surface area (TPSA) is 29.3 Å². The first-order valence-electron chi connectivity index (χ1n) is 7.10. The maximum Gasteiger partial charge on any atom is 0.0488 e. The number of nitrogens with two attached hydrogens (primary N) is 1. The summed E-state index contributed by atoms with van der Waals surface area (Å²) in [5, 5.41) is 0.825. The van der Waals surface area contributed by atoms with Gasteiger partial charge in [-0.2, -0.15) is 0 Å². The Kier molecular flexibility index (Phi) is 4.18. The van der Waals surface area contributed by atoms with Crippen molar-refractivity contribution in [1.82, 2.24) is 4.90 Å². The number of hydrogen-bond acceptors (Lipinski definition) is 2. The Morgan fingerprint density at radius 1 is 1.32 bits per heavy atom. The highest BCUT2D eigenvalue weighted by atomic mass is 79.9. The van der Waals surface area contributed by atoms with E-state index >= 15 is 0 Å². The van der Waals surface area contributed by atoms with Crippen LogP contribution in [0.2, 0.25) is 5.02 Å². The van der Waals surface area contributed by atoms with Crippen LogP contribution in [0.5, 0.6) is 0 Å². The molecule has 0 bridgehead atoms. The minimum absolute atomic E-state index is 0.272. The Hall–Kier alpha value is -0.0900. The van der Waals surface area contributed by atoms with Crippen LogP contribution >= 0.6 is 27.5 Å². The molecule has 2 aliphatic rings. The van der Waals surface area contributed by atoms with E-state index in [0.717, 1.165) is 21.5 Å². The molecular formula is C15H20BrClN2. The van der Waals surface area contributed by atoms with Crippen molar-refractivity contribution in [3.63, 3.8) is 0 Å². The Bertz CT molecular complexity index is 457. The molecule has 104 valence electrons. The van der Waals surface area contributed by atoms with Crippen LogP contribution in [0.1, 0.15) is 37.3 Å². The van der Waals surface area contributed by atoms with E-state index in [1.807, 2.05) is 6.07 Å². The van der Waals surface area contributed by atoms with Gasteiger partial charge < -0.3 is 5.73 Å². The Morgan fingerprint density at radius 3 is 2.58 bits per heavy atom. The Labute approximate surface area is 128 Å². The highest BCUT2D eigenvalue weighted by Gasteiger charge is 2.38. The van der Waals surface area contributed by atoms with E-state index in [0.29, 0.717) is 6.54 Å². The lowest BCUT2D eigenvalue weighted by atomic mass is 10.0. The summed E-state index contributed by atoms with van der Waals surface area (Å²) in [7, 11) is 0. The molecular weight excluding hydrogens is 324 g/mol. The molecule has 0 aliphatic heterocycles. The molecule has 2 fully saturated rings. The van der Waals surface area contributed by atoms with Gasteiger partial charge in [0.2, 0.25) is 0 Å². The minimum Gasteiger partial charge on any atom is -0.329 e. The molecule has 1 aromatic carbocycles. The van der Waals surface area contributed by atoms with Crippen LogP contribution < -0.4 is 5.73 Å². The van der Waals surface area contributed by atoms with Crippen molar-refractivity contribution >= 4 is 27.5 Å². The molecule has 0 amide bonds. The predicted octanol–water partition coefficient (Wildman–Crippen LogP) is 3.98. The molecule has 2 saturated carbocycles. The van der Waals surface area contributed by atoms with Crippen molar-refractivity contribution in [1.29, 1.82) is 0 Å². The Balaban J connectivity index is 1.83. The first kappa shape index (κ1) is 13.9. The van der Waals surface area contributed by atoms with Crippen LogP contribution in [0.4, 0.5) is 0 Å². The monoisotopic (exact) mass is 342 g/mol. The molecule has 1 unspecified atom stereocenters. The lowest BCUT2D eigenvalue weighted by molar-refractivity contribution is 0.183. The zero-order valence-electron chi connectivity index (χ0n) is 11.0. The van der Waals surface area contributed by atoms with Crippen LogP contribution in [-0.4, -0.2) is 24.0 Å². The SMILES string of the molecule is NCC(c1ccc(Br)cc1Cl)N(CC1CC1)C1CC1. The smallest absolute Gasteiger partial charge is 0.0488 e. The highest BCUT2D eigenvalue weighted by molar-refractivity contribution is 9.10. The van der Waals surface area contributed by atoms with Gasteiger partial charge in [-0.15, -0.1) is 0 Å². The molecule has 0 radical (unpaired) electrons. The van der Waals surface area contributed by atoms with Gasteiger partial charge in [0.25, 0.3) is 0 Å². The molecule has 0 saturated heterocycles. The van der Waals surface area contributed by atoms with Gasteiger partial charge in [0.1, 0.15) is 0 Å². The predicted molar refractivity (Wildman–Crippen MR) is 83.4 cm³/mol. The molecule has 1 aromatic rings. The van der Waals surface area contributed by atoms with Crippen LogP contribution in [0, 0.1) is 5.92 Å². The second kappa shape index (κ2) is 5.72. The third kappa shape index (κ3) is 3.33. The van der Waals surface area contributed by atoms with E-state index in [1.54, 1.807) is 0 Å². The number of halogens is 2. The van der Waals surface area contributed by atoms with E-state index in [9.17, 15) is 0 Å². The summed E-state index contributed by atoms with van der Waals surface area (Å²) < 4.78 is 1.03. The van der Waals surface area contributed by atoms with E-state index in [1.165, 1.54) is 37.8 Å². The van der Waals surface area contributed by atoms with Crippen molar-refractivity contribution < 1.29 is 0 Å². The molecule has 3 rings (SSSR count). The highest BCUT2D eigenvalue weighted by Crippen LogP contribution is 2.40. The molecule has 0 spiro atoms. The third-order valence-corrected chi connectivity index (χ3v) is 4.95. The molecule has 2 nitrogen and oxygen atoms in total. The van der Waals surface area contributed by atoms with Crippen LogP contribution in [-0.2, 0) is 0 Å². The summed E-state index contributed by atoms with van der Waals surface area (Å²) in [4.78, 5) is 2.60. The number of rotatable bonds is 6. The molecule has 0 aromatic heterocycles. The van der Waals surface area contributed by atoms with Gasteiger partial charge in [-0.25, -0.2) is 0 Å². The van der Waals surface area contributed by atoms with Gasteiger partial charge in [0.05, 0.1) is 0 Å². The lowest BCUT2D eigenvalue weighted by Gasteiger charge is -2.32. The molecule has 1 atom stereocenters. The number of nitrogens with zero attached hydrogens (tertiary/aromatic N) is 1. The van der Waals surface area contributed by atoms with Crippen molar-refractivity contribution in [2.75, 3.05) is 13.1 Å². The standard InChI is InChI=1S/C15H20BrClN2/c16-11-3-6-13(14(17)7-11)15(8-18)19(12-4-5-12)9-10-1-2-10/h3,6-7,10,12,15H,1-2,4-5,8-9,18H2. The first-order valence-corrected chi connectivity index (χ1v) is 8.27. The molecule has 2 N–H and O–H groups in total. The van der Waals surface area contributed by atoms with Crippen molar-refractivity contribution in [2.45, 2.75) is 37.8 Å². The Morgan fingerprint density at radius 2 is 2.05 bits per heavy atom. The van der Waals surface area contributed by atoms with Crippen LogP contribution in [0.3, 0.4) is 0 Å². The fourth-order valence-electron chi connectivity index (χ4n) is 2.75. The fraction of sp³-hybridized carbons (Fsp3) is 0.600. The first-order chi connectivity index (χ1) is 9.19. The summed E-state index contributed by atoms with van der Waals surface area (Å²) in [6.45, 7) is 1.84. The van der Waals surface area contributed by atoms with Gasteiger partial charge in [0.15, 0.2) is 0 Å². The summed E-state index contributed by atoms with van der Waals surface area (Å²) in [5.74, 6) is 0.892. The van der Waals surface area contributed by atoms with Gasteiger partial charge >= 0.3 is 0 Å². The summed E-state index contributed by atoms with van der Waals surface area (Å²) >= 11 is 9.88. The second-order valence-corrected chi connectivity index (χ2v) is 7.11. The molecule has 4 heteroatoms. The molecule has 19 heavy (non-hydrogen) atoms. The second-order valence-electron chi connectivity index (χ2n) is 5.79. The largest absolute Gasteiger partial charge is 0.329 e. The lowest BCUT2D eigenvalue weighted by Crippen LogP contribution is -2.37. The number of benzene rings is 1. The minimum atomic E-state index is 0.272. The summed E-state index contributed by atoms with van der Waals surface area (Å²) in [6.07, 6.45) is 5.40. The number of hydrogen-bond donors (Lipinski definition) is 1.